The highest BCUT2D eigenvalue weighted by molar-refractivity contribution is 5.95. The van der Waals surface area contributed by atoms with Gasteiger partial charge >= 0.3 is 0 Å². The van der Waals surface area contributed by atoms with Crippen LogP contribution in [0.3, 0.4) is 0 Å². The fourth-order valence-electron chi connectivity index (χ4n) is 3.90. The number of aromatic nitrogens is 2. The quantitative estimate of drug-likeness (QED) is 0.727. The van der Waals surface area contributed by atoms with Crippen LogP contribution in [0, 0.1) is 6.92 Å². The lowest BCUT2D eigenvalue weighted by atomic mass is 10.1. The Hall–Kier alpha value is -3.15. The summed E-state index contributed by atoms with van der Waals surface area (Å²) in [6.07, 6.45) is 3.32. The SMILES string of the molecule is Cc1ccccc1C(=O)NCc1nc2ccccc2n1CC(=O)N1CCCCC1. The van der Waals surface area contributed by atoms with Crippen molar-refractivity contribution >= 4 is 22.8 Å². The van der Waals surface area contributed by atoms with Gasteiger partial charge in [0.05, 0.1) is 17.6 Å². The molecule has 0 atom stereocenters. The maximum atomic E-state index is 12.9. The zero-order valence-corrected chi connectivity index (χ0v) is 16.7. The molecule has 150 valence electrons. The first kappa shape index (κ1) is 19.2. The van der Waals surface area contributed by atoms with Crippen LogP contribution >= 0.6 is 0 Å². The highest BCUT2D eigenvalue weighted by Crippen LogP contribution is 2.18. The molecule has 0 saturated carbocycles. The highest BCUT2D eigenvalue weighted by Gasteiger charge is 2.20. The van der Waals surface area contributed by atoms with E-state index in [1.165, 1.54) is 6.42 Å². The van der Waals surface area contributed by atoms with Crippen LogP contribution in [0.4, 0.5) is 0 Å². The zero-order valence-electron chi connectivity index (χ0n) is 16.7. The van der Waals surface area contributed by atoms with Gasteiger partial charge < -0.3 is 14.8 Å². The average molecular weight is 390 g/mol. The Morgan fingerprint density at radius 3 is 2.52 bits per heavy atom. The maximum absolute atomic E-state index is 12.9. The molecule has 1 aliphatic heterocycles. The van der Waals surface area contributed by atoms with E-state index in [2.05, 4.69) is 10.3 Å². The minimum absolute atomic E-state index is 0.110. The number of benzene rings is 2. The van der Waals surface area contributed by atoms with Gasteiger partial charge in [-0.3, -0.25) is 9.59 Å². The molecule has 0 aliphatic carbocycles. The average Bonchev–Trinajstić information content (AvgIpc) is 3.10. The van der Waals surface area contributed by atoms with E-state index in [4.69, 9.17) is 0 Å². The molecule has 1 saturated heterocycles. The molecule has 2 aromatic carbocycles. The van der Waals surface area contributed by atoms with E-state index in [0.29, 0.717) is 11.4 Å². The number of rotatable bonds is 5. The van der Waals surface area contributed by atoms with Gasteiger partial charge in [0.15, 0.2) is 0 Å². The number of carbonyl (C=O) groups excluding carboxylic acids is 2. The third-order valence-corrected chi connectivity index (χ3v) is 5.53. The Kier molecular flexibility index (Phi) is 5.60. The summed E-state index contributed by atoms with van der Waals surface area (Å²) in [7, 11) is 0. The van der Waals surface area contributed by atoms with E-state index in [9.17, 15) is 9.59 Å². The number of imidazole rings is 1. The number of likely N-dealkylation sites (tertiary alicyclic amines) is 1. The van der Waals surface area contributed by atoms with Crippen molar-refractivity contribution in [1.29, 1.82) is 0 Å². The minimum Gasteiger partial charge on any atom is -0.345 e. The molecular weight excluding hydrogens is 364 g/mol. The van der Waals surface area contributed by atoms with Crippen molar-refractivity contribution in [3.63, 3.8) is 0 Å². The van der Waals surface area contributed by atoms with Crippen LogP contribution in [0.1, 0.15) is 41.0 Å². The molecule has 3 aromatic rings. The fourth-order valence-corrected chi connectivity index (χ4v) is 3.90. The molecule has 1 aliphatic rings. The third kappa shape index (κ3) is 4.16. The molecule has 0 radical (unpaired) electrons. The summed E-state index contributed by atoms with van der Waals surface area (Å²) in [6.45, 7) is 4.09. The number of aryl methyl sites for hydroxylation is 1. The van der Waals surface area contributed by atoms with Gasteiger partial charge in [-0.05, 0) is 49.9 Å². The highest BCUT2D eigenvalue weighted by atomic mass is 16.2. The molecule has 0 bridgehead atoms. The van der Waals surface area contributed by atoms with Crippen molar-refractivity contribution in [2.75, 3.05) is 13.1 Å². The van der Waals surface area contributed by atoms with Crippen molar-refractivity contribution in [3.05, 3.63) is 65.5 Å². The van der Waals surface area contributed by atoms with Crippen LogP contribution in [-0.2, 0) is 17.9 Å². The molecule has 1 N–H and O–H groups in total. The minimum atomic E-state index is -0.135. The smallest absolute Gasteiger partial charge is 0.251 e. The molecule has 6 nitrogen and oxygen atoms in total. The number of nitrogens with one attached hydrogen (secondary N) is 1. The topological polar surface area (TPSA) is 67.2 Å². The lowest BCUT2D eigenvalue weighted by Crippen LogP contribution is -2.38. The normalized spacial score (nSPS) is 14.2. The van der Waals surface area contributed by atoms with E-state index < -0.39 is 0 Å². The van der Waals surface area contributed by atoms with E-state index in [1.807, 2.05) is 64.9 Å². The molecule has 6 heteroatoms. The van der Waals surface area contributed by atoms with E-state index in [0.717, 1.165) is 42.5 Å². The second kappa shape index (κ2) is 8.47. The number of hydrogen-bond acceptors (Lipinski definition) is 3. The Morgan fingerprint density at radius 2 is 1.72 bits per heavy atom. The van der Waals surface area contributed by atoms with Crippen molar-refractivity contribution in [1.82, 2.24) is 19.8 Å². The standard InChI is InChI=1S/C23H26N4O2/c1-17-9-3-4-10-18(17)23(29)24-15-21-25-19-11-5-6-12-20(19)27(21)16-22(28)26-13-7-2-8-14-26/h3-6,9-12H,2,7-8,13-16H2,1H3,(H,24,29). The van der Waals surface area contributed by atoms with Crippen LogP contribution < -0.4 is 5.32 Å². The van der Waals surface area contributed by atoms with Crippen molar-refractivity contribution in [3.8, 4) is 0 Å². The predicted octanol–water partition coefficient (Wildman–Crippen LogP) is 3.29. The second-order valence-corrected chi connectivity index (χ2v) is 7.54. The van der Waals surface area contributed by atoms with Crippen LogP contribution in [0.5, 0.6) is 0 Å². The molecule has 0 unspecified atom stereocenters. The van der Waals surface area contributed by atoms with Crippen molar-refractivity contribution < 1.29 is 9.59 Å². The van der Waals surface area contributed by atoms with Gasteiger partial charge in [-0.15, -0.1) is 0 Å². The van der Waals surface area contributed by atoms with Gasteiger partial charge in [0.1, 0.15) is 12.4 Å². The Balaban J connectivity index is 1.55. The summed E-state index contributed by atoms with van der Waals surface area (Å²) < 4.78 is 1.93. The summed E-state index contributed by atoms with van der Waals surface area (Å²) >= 11 is 0. The number of piperidine rings is 1. The van der Waals surface area contributed by atoms with Gasteiger partial charge in [-0.1, -0.05) is 30.3 Å². The number of amides is 2. The summed E-state index contributed by atoms with van der Waals surface area (Å²) in [5.41, 5.74) is 3.33. The van der Waals surface area contributed by atoms with E-state index >= 15 is 0 Å². The van der Waals surface area contributed by atoms with Crippen LogP contribution in [0.2, 0.25) is 0 Å². The monoisotopic (exact) mass is 390 g/mol. The van der Waals surface area contributed by atoms with Gasteiger partial charge in [0.2, 0.25) is 5.91 Å². The summed E-state index contributed by atoms with van der Waals surface area (Å²) in [4.78, 5) is 32.1. The molecule has 29 heavy (non-hydrogen) atoms. The lowest BCUT2D eigenvalue weighted by Gasteiger charge is -2.27. The molecule has 4 rings (SSSR count). The maximum Gasteiger partial charge on any atom is 0.251 e. The number of hydrogen-bond donors (Lipinski definition) is 1. The van der Waals surface area contributed by atoms with Gasteiger partial charge in [-0.25, -0.2) is 4.98 Å². The molecule has 0 spiro atoms. The molecule has 2 amide bonds. The molecular formula is C23H26N4O2. The zero-order chi connectivity index (χ0) is 20.2. The first-order chi connectivity index (χ1) is 14.1. The van der Waals surface area contributed by atoms with Crippen molar-refractivity contribution in [2.45, 2.75) is 39.3 Å². The van der Waals surface area contributed by atoms with E-state index in [-0.39, 0.29) is 24.9 Å². The molecule has 1 fully saturated rings. The van der Waals surface area contributed by atoms with Gasteiger partial charge in [-0.2, -0.15) is 0 Å². The third-order valence-electron chi connectivity index (χ3n) is 5.53. The first-order valence-corrected chi connectivity index (χ1v) is 10.2. The largest absolute Gasteiger partial charge is 0.345 e. The van der Waals surface area contributed by atoms with Gasteiger partial charge in [0.25, 0.3) is 5.91 Å². The first-order valence-electron chi connectivity index (χ1n) is 10.2. The number of para-hydroxylation sites is 2. The molecule has 1 aromatic heterocycles. The number of carbonyl (C=O) groups is 2. The van der Waals surface area contributed by atoms with Crippen LogP contribution in [-0.4, -0.2) is 39.4 Å². The summed E-state index contributed by atoms with van der Waals surface area (Å²) in [5.74, 6) is 0.668. The predicted molar refractivity (Wildman–Crippen MR) is 113 cm³/mol. The Labute approximate surface area is 170 Å². The van der Waals surface area contributed by atoms with Gasteiger partial charge in [0, 0.05) is 18.7 Å². The fraction of sp³-hybridized carbons (Fsp3) is 0.348. The number of fused-ring (bicyclic) bond motifs is 1. The number of nitrogens with zero attached hydrogens (tertiary/aromatic N) is 3. The molecule has 2 heterocycles. The van der Waals surface area contributed by atoms with E-state index in [1.54, 1.807) is 0 Å². The second-order valence-electron chi connectivity index (χ2n) is 7.54. The van der Waals surface area contributed by atoms with Crippen molar-refractivity contribution in [2.24, 2.45) is 0 Å². The lowest BCUT2D eigenvalue weighted by molar-refractivity contribution is -0.132. The van der Waals surface area contributed by atoms with Crippen LogP contribution in [0.15, 0.2) is 48.5 Å². The Morgan fingerprint density at radius 1 is 1.00 bits per heavy atom. The Bertz CT molecular complexity index is 1030. The summed E-state index contributed by atoms with van der Waals surface area (Å²) in [6, 6.07) is 15.3. The van der Waals surface area contributed by atoms with Crippen LogP contribution in [0.25, 0.3) is 11.0 Å². The summed E-state index contributed by atoms with van der Waals surface area (Å²) in [5, 5.41) is 2.96.